The van der Waals surface area contributed by atoms with Crippen molar-refractivity contribution in [3.63, 3.8) is 0 Å². The second kappa shape index (κ2) is 11.5. The maximum Gasteiger partial charge on any atom is 0.163 e. The minimum atomic E-state index is -0.417. The summed E-state index contributed by atoms with van der Waals surface area (Å²) < 4.78 is 30.5. The van der Waals surface area contributed by atoms with Crippen molar-refractivity contribution in [2.75, 3.05) is 20.3 Å². The molecule has 1 N–H and O–H groups in total. The zero-order chi connectivity index (χ0) is 20.5. The summed E-state index contributed by atoms with van der Waals surface area (Å²) in [6, 6.07) is 8.01. The molecule has 0 aliphatic heterocycles. The lowest BCUT2D eigenvalue weighted by atomic mass is 10.2. The van der Waals surface area contributed by atoms with Gasteiger partial charge in [0.2, 0.25) is 0 Å². The van der Waals surface area contributed by atoms with E-state index in [0.717, 1.165) is 18.5 Å². The topological polar surface area (TPSA) is 39.7 Å². The number of hydrogen-bond acceptors (Lipinski definition) is 4. The maximum absolute atomic E-state index is 13.9. The van der Waals surface area contributed by atoms with Crippen molar-refractivity contribution < 1.29 is 18.6 Å². The standard InChI is InChI=1S/C21H26Cl2FNO3/c1-14(2)27-9-5-8-25-12-15-10-20(26-3)21(11-18(15)23)28-13-16-17(22)6-4-7-19(16)24/h4,6-7,10-11,14,25H,5,8-9,12-13H2,1-3H3. The van der Waals surface area contributed by atoms with Crippen LogP contribution in [0.4, 0.5) is 4.39 Å². The van der Waals surface area contributed by atoms with E-state index in [1.165, 1.54) is 6.07 Å². The van der Waals surface area contributed by atoms with E-state index in [1.807, 2.05) is 19.9 Å². The first-order valence-corrected chi connectivity index (χ1v) is 9.92. The summed E-state index contributed by atoms with van der Waals surface area (Å²) in [7, 11) is 1.55. The third kappa shape index (κ3) is 6.82. The Morgan fingerprint density at radius 1 is 1.11 bits per heavy atom. The van der Waals surface area contributed by atoms with Crippen LogP contribution < -0.4 is 14.8 Å². The Hall–Kier alpha value is -1.53. The Labute approximate surface area is 175 Å². The molecule has 0 radical (unpaired) electrons. The van der Waals surface area contributed by atoms with E-state index in [-0.39, 0.29) is 18.3 Å². The highest BCUT2D eigenvalue weighted by Gasteiger charge is 2.13. The highest BCUT2D eigenvalue weighted by atomic mass is 35.5. The van der Waals surface area contributed by atoms with E-state index in [4.69, 9.17) is 37.4 Å². The van der Waals surface area contributed by atoms with Gasteiger partial charge in [0.1, 0.15) is 12.4 Å². The number of ether oxygens (including phenoxy) is 3. The van der Waals surface area contributed by atoms with Crippen molar-refractivity contribution in [2.24, 2.45) is 0 Å². The van der Waals surface area contributed by atoms with Gasteiger partial charge < -0.3 is 19.5 Å². The van der Waals surface area contributed by atoms with E-state index in [9.17, 15) is 4.39 Å². The summed E-state index contributed by atoms with van der Waals surface area (Å²) in [5, 5.41) is 4.19. The van der Waals surface area contributed by atoms with Crippen molar-refractivity contribution in [1.82, 2.24) is 5.32 Å². The Kier molecular flexibility index (Phi) is 9.32. The summed E-state index contributed by atoms with van der Waals surface area (Å²) in [5.41, 5.74) is 1.18. The number of benzene rings is 2. The van der Waals surface area contributed by atoms with E-state index in [0.29, 0.717) is 34.7 Å². The molecule has 0 spiro atoms. The molecule has 2 aromatic carbocycles. The molecule has 4 nitrogen and oxygen atoms in total. The van der Waals surface area contributed by atoms with Crippen molar-refractivity contribution >= 4 is 23.2 Å². The van der Waals surface area contributed by atoms with Crippen LogP contribution in [0.1, 0.15) is 31.4 Å². The highest BCUT2D eigenvalue weighted by molar-refractivity contribution is 6.31. The molecule has 0 bridgehead atoms. The van der Waals surface area contributed by atoms with Crippen molar-refractivity contribution in [2.45, 2.75) is 39.5 Å². The quantitative estimate of drug-likeness (QED) is 0.470. The molecule has 0 heterocycles. The van der Waals surface area contributed by atoms with Crippen LogP contribution in [0.5, 0.6) is 11.5 Å². The molecule has 0 aliphatic carbocycles. The van der Waals surface area contributed by atoms with Gasteiger partial charge in [-0.25, -0.2) is 4.39 Å². The molecule has 154 valence electrons. The molecule has 7 heteroatoms. The van der Waals surface area contributed by atoms with Crippen LogP contribution in [0.3, 0.4) is 0 Å². The van der Waals surface area contributed by atoms with Gasteiger partial charge in [0.05, 0.1) is 18.2 Å². The smallest absolute Gasteiger partial charge is 0.163 e. The van der Waals surface area contributed by atoms with E-state index < -0.39 is 5.82 Å². The first kappa shape index (κ1) is 22.8. The minimum absolute atomic E-state index is 0.0222. The zero-order valence-electron chi connectivity index (χ0n) is 16.4. The molecule has 0 atom stereocenters. The summed E-state index contributed by atoms with van der Waals surface area (Å²) in [6.45, 7) is 6.14. The fourth-order valence-corrected chi connectivity index (χ4v) is 2.98. The number of halogens is 3. The van der Waals surface area contributed by atoms with E-state index in [2.05, 4.69) is 5.32 Å². The lowest BCUT2D eigenvalue weighted by Gasteiger charge is -2.15. The van der Waals surface area contributed by atoms with Crippen LogP contribution in [0, 0.1) is 5.82 Å². The van der Waals surface area contributed by atoms with Crippen LogP contribution in [0.15, 0.2) is 30.3 Å². The van der Waals surface area contributed by atoms with Crippen LogP contribution >= 0.6 is 23.2 Å². The summed E-state index contributed by atoms with van der Waals surface area (Å²) in [5.74, 6) is 0.539. The molecule has 0 unspecified atom stereocenters. The third-order valence-corrected chi connectivity index (χ3v) is 4.74. The molecule has 0 amide bonds. The van der Waals surface area contributed by atoms with Crippen LogP contribution in [0.2, 0.25) is 10.0 Å². The summed E-state index contributed by atoms with van der Waals surface area (Å²) in [6.07, 6.45) is 1.16. The molecule has 2 rings (SSSR count). The molecule has 0 fully saturated rings. The second-order valence-electron chi connectivity index (χ2n) is 6.53. The molecule has 0 aliphatic rings. The Bertz CT molecular complexity index is 751. The molecule has 0 saturated heterocycles. The molecule has 0 saturated carbocycles. The zero-order valence-corrected chi connectivity index (χ0v) is 17.9. The minimum Gasteiger partial charge on any atom is -0.493 e. The average Bonchev–Trinajstić information content (AvgIpc) is 2.65. The monoisotopic (exact) mass is 429 g/mol. The van der Waals surface area contributed by atoms with Gasteiger partial charge in [-0.2, -0.15) is 0 Å². The van der Waals surface area contributed by atoms with Crippen LogP contribution in [-0.2, 0) is 17.9 Å². The lowest BCUT2D eigenvalue weighted by molar-refractivity contribution is 0.0770. The number of methoxy groups -OCH3 is 1. The largest absolute Gasteiger partial charge is 0.493 e. The van der Waals surface area contributed by atoms with Gasteiger partial charge in [0.15, 0.2) is 11.5 Å². The van der Waals surface area contributed by atoms with E-state index in [1.54, 1.807) is 25.3 Å². The maximum atomic E-state index is 13.9. The summed E-state index contributed by atoms with van der Waals surface area (Å²) >= 11 is 12.4. The molecule has 2 aromatic rings. The van der Waals surface area contributed by atoms with Crippen molar-refractivity contribution in [3.05, 3.63) is 57.3 Å². The predicted octanol–water partition coefficient (Wildman–Crippen LogP) is 5.62. The average molecular weight is 430 g/mol. The van der Waals surface area contributed by atoms with Gasteiger partial charge in [-0.05, 0) is 50.6 Å². The predicted molar refractivity (Wildman–Crippen MR) is 111 cm³/mol. The Morgan fingerprint density at radius 2 is 1.89 bits per heavy atom. The van der Waals surface area contributed by atoms with Gasteiger partial charge in [0.25, 0.3) is 0 Å². The van der Waals surface area contributed by atoms with Gasteiger partial charge in [-0.1, -0.05) is 29.3 Å². The van der Waals surface area contributed by atoms with Crippen LogP contribution in [-0.4, -0.2) is 26.4 Å². The highest BCUT2D eigenvalue weighted by Crippen LogP contribution is 2.34. The van der Waals surface area contributed by atoms with Crippen LogP contribution in [0.25, 0.3) is 0 Å². The van der Waals surface area contributed by atoms with Gasteiger partial charge >= 0.3 is 0 Å². The normalized spacial score (nSPS) is 11.1. The number of rotatable bonds is 11. The summed E-state index contributed by atoms with van der Waals surface area (Å²) in [4.78, 5) is 0. The van der Waals surface area contributed by atoms with E-state index >= 15 is 0 Å². The van der Waals surface area contributed by atoms with Crippen molar-refractivity contribution in [1.29, 1.82) is 0 Å². The Morgan fingerprint density at radius 3 is 2.57 bits per heavy atom. The third-order valence-electron chi connectivity index (χ3n) is 4.03. The fraction of sp³-hybridized carbons (Fsp3) is 0.429. The number of hydrogen-bond donors (Lipinski definition) is 1. The lowest BCUT2D eigenvalue weighted by Crippen LogP contribution is -2.17. The molecular weight excluding hydrogens is 404 g/mol. The second-order valence-corrected chi connectivity index (χ2v) is 7.35. The van der Waals surface area contributed by atoms with Gasteiger partial charge in [-0.3, -0.25) is 0 Å². The first-order valence-electron chi connectivity index (χ1n) is 9.16. The first-order chi connectivity index (χ1) is 13.4. The molecular formula is C21H26Cl2FNO3. The van der Waals surface area contributed by atoms with Crippen molar-refractivity contribution in [3.8, 4) is 11.5 Å². The molecule has 28 heavy (non-hydrogen) atoms. The van der Waals surface area contributed by atoms with Gasteiger partial charge in [-0.15, -0.1) is 0 Å². The number of nitrogens with one attached hydrogen (secondary N) is 1. The Balaban J connectivity index is 1.97. The fourth-order valence-electron chi connectivity index (χ4n) is 2.54. The molecule has 0 aromatic heterocycles. The SMILES string of the molecule is COc1cc(CNCCCOC(C)C)c(Cl)cc1OCc1c(F)cccc1Cl. The van der Waals surface area contributed by atoms with Gasteiger partial charge in [0, 0.05) is 29.8 Å².